The number of nitrogens with one attached hydrogen (secondary N) is 1. The Morgan fingerprint density at radius 1 is 1.47 bits per heavy atom. The Balaban J connectivity index is 2.08. The number of anilines is 1. The summed E-state index contributed by atoms with van der Waals surface area (Å²) in [4.78, 5) is 11.1. The maximum Gasteiger partial charge on any atom is 0.308 e. The molecule has 0 amide bonds. The molecule has 1 fully saturated rings. The van der Waals surface area contributed by atoms with E-state index in [0.29, 0.717) is 5.15 Å². The number of carboxylic acid groups (broad SMARTS) is 1. The van der Waals surface area contributed by atoms with E-state index in [1.807, 2.05) is 0 Å². The van der Waals surface area contributed by atoms with Crippen molar-refractivity contribution in [1.82, 2.24) is 10.2 Å². The summed E-state index contributed by atoms with van der Waals surface area (Å²) < 4.78 is 0. The molecule has 1 saturated carbocycles. The number of hydrogen-bond acceptors (Lipinski definition) is 4. The number of aliphatic carboxylic acids is 1. The molecule has 0 radical (unpaired) electrons. The van der Waals surface area contributed by atoms with Crippen molar-refractivity contribution >= 4 is 23.3 Å². The van der Waals surface area contributed by atoms with Gasteiger partial charge >= 0.3 is 5.97 Å². The van der Waals surface area contributed by atoms with Crippen LogP contribution in [0.4, 0.5) is 5.69 Å². The van der Waals surface area contributed by atoms with Crippen LogP contribution in [0.2, 0.25) is 5.15 Å². The molecule has 1 aliphatic rings. The second-order valence-corrected chi connectivity index (χ2v) is 4.63. The monoisotopic (exact) mass is 255 g/mol. The van der Waals surface area contributed by atoms with Crippen molar-refractivity contribution in [3.05, 3.63) is 17.4 Å². The molecule has 2 rings (SSSR count). The molecule has 0 aromatic carbocycles. The van der Waals surface area contributed by atoms with E-state index >= 15 is 0 Å². The van der Waals surface area contributed by atoms with Gasteiger partial charge in [-0.1, -0.05) is 24.4 Å². The molecule has 0 spiro atoms. The molecule has 1 heterocycles. The largest absolute Gasteiger partial charge is 0.481 e. The smallest absolute Gasteiger partial charge is 0.308 e. The van der Waals surface area contributed by atoms with Gasteiger partial charge in [0.2, 0.25) is 0 Å². The molecular formula is C11H14ClN3O2. The van der Waals surface area contributed by atoms with Crippen molar-refractivity contribution in [1.29, 1.82) is 0 Å². The zero-order valence-corrected chi connectivity index (χ0v) is 10.0. The molecule has 0 bridgehead atoms. The predicted molar refractivity (Wildman–Crippen MR) is 64.0 cm³/mol. The lowest BCUT2D eigenvalue weighted by Gasteiger charge is -2.29. The lowest BCUT2D eigenvalue weighted by atomic mass is 9.84. The second-order valence-electron chi connectivity index (χ2n) is 4.25. The van der Waals surface area contributed by atoms with E-state index in [0.717, 1.165) is 31.4 Å². The van der Waals surface area contributed by atoms with Crippen LogP contribution in [0.25, 0.3) is 0 Å². The number of carbonyl (C=O) groups is 1. The Morgan fingerprint density at radius 3 is 2.94 bits per heavy atom. The quantitative estimate of drug-likeness (QED) is 0.866. The molecular weight excluding hydrogens is 242 g/mol. The summed E-state index contributed by atoms with van der Waals surface area (Å²) in [5, 5.41) is 20.0. The molecule has 6 heteroatoms. The van der Waals surface area contributed by atoms with Crippen molar-refractivity contribution in [2.24, 2.45) is 5.92 Å². The van der Waals surface area contributed by atoms with Crippen molar-refractivity contribution in [2.45, 2.75) is 31.7 Å². The highest BCUT2D eigenvalue weighted by molar-refractivity contribution is 6.29. The van der Waals surface area contributed by atoms with Crippen LogP contribution in [0.15, 0.2) is 12.3 Å². The predicted octanol–water partition coefficient (Wildman–Crippen LogP) is 2.19. The van der Waals surface area contributed by atoms with E-state index in [4.69, 9.17) is 16.7 Å². The summed E-state index contributed by atoms with van der Waals surface area (Å²) >= 11 is 5.73. The van der Waals surface area contributed by atoms with Crippen LogP contribution in [0.3, 0.4) is 0 Å². The molecule has 1 aromatic heterocycles. The van der Waals surface area contributed by atoms with E-state index in [1.54, 1.807) is 12.3 Å². The van der Waals surface area contributed by atoms with Gasteiger partial charge < -0.3 is 10.4 Å². The van der Waals surface area contributed by atoms with Gasteiger partial charge in [0.25, 0.3) is 0 Å². The lowest BCUT2D eigenvalue weighted by molar-refractivity contribution is -0.143. The van der Waals surface area contributed by atoms with Crippen molar-refractivity contribution in [3.63, 3.8) is 0 Å². The summed E-state index contributed by atoms with van der Waals surface area (Å²) in [6.07, 6.45) is 5.16. The Kier molecular flexibility index (Phi) is 3.78. The van der Waals surface area contributed by atoms with E-state index in [-0.39, 0.29) is 12.0 Å². The van der Waals surface area contributed by atoms with Crippen molar-refractivity contribution in [2.75, 3.05) is 5.32 Å². The van der Waals surface area contributed by atoms with Gasteiger partial charge in [-0.25, -0.2) is 0 Å². The van der Waals surface area contributed by atoms with Crippen LogP contribution in [0, 0.1) is 5.92 Å². The third-order valence-electron chi connectivity index (χ3n) is 3.06. The number of rotatable bonds is 3. The van der Waals surface area contributed by atoms with Crippen LogP contribution in [0.1, 0.15) is 25.7 Å². The van der Waals surface area contributed by atoms with Crippen molar-refractivity contribution < 1.29 is 9.90 Å². The Bertz CT molecular complexity index is 413. The first kappa shape index (κ1) is 12.1. The fraction of sp³-hybridized carbons (Fsp3) is 0.545. The molecule has 1 aliphatic carbocycles. The van der Waals surface area contributed by atoms with Crippen LogP contribution in [-0.4, -0.2) is 27.3 Å². The first-order valence-corrected chi connectivity index (χ1v) is 6.02. The molecule has 5 nitrogen and oxygen atoms in total. The highest BCUT2D eigenvalue weighted by Crippen LogP contribution is 2.27. The topological polar surface area (TPSA) is 75.1 Å². The summed E-state index contributed by atoms with van der Waals surface area (Å²) in [5.74, 6) is -1.08. The van der Waals surface area contributed by atoms with Crippen molar-refractivity contribution in [3.8, 4) is 0 Å². The molecule has 2 N–H and O–H groups in total. The molecule has 17 heavy (non-hydrogen) atoms. The zero-order valence-electron chi connectivity index (χ0n) is 9.27. The second kappa shape index (κ2) is 5.31. The number of hydrogen-bond donors (Lipinski definition) is 2. The van der Waals surface area contributed by atoms with Crippen LogP contribution >= 0.6 is 11.6 Å². The fourth-order valence-electron chi connectivity index (χ4n) is 2.23. The summed E-state index contributed by atoms with van der Waals surface area (Å²) in [7, 11) is 0. The average Bonchev–Trinajstić information content (AvgIpc) is 2.29. The maximum atomic E-state index is 11.1. The summed E-state index contributed by atoms with van der Waals surface area (Å²) in [5.41, 5.74) is 0.725. The first-order chi connectivity index (χ1) is 8.16. The zero-order chi connectivity index (χ0) is 12.3. The normalized spacial score (nSPS) is 24.3. The van der Waals surface area contributed by atoms with Gasteiger partial charge in [0.1, 0.15) is 0 Å². The number of aromatic nitrogens is 2. The van der Waals surface area contributed by atoms with Gasteiger partial charge in [0, 0.05) is 12.1 Å². The Labute approximate surface area is 104 Å². The number of halogens is 1. The fourth-order valence-corrected chi connectivity index (χ4v) is 2.39. The Hall–Kier alpha value is -1.36. The third-order valence-corrected chi connectivity index (χ3v) is 3.24. The average molecular weight is 256 g/mol. The van der Waals surface area contributed by atoms with Crippen LogP contribution < -0.4 is 5.32 Å². The minimum atomic E-state index is -0.740. The minimum Gasteiger partial charge on any atom is -0.481 e. The molecule has 92 valence electrons. The van der Waals surface area contributed by atoms with E-state index in [2.05, 4.69) is 15.5 Å². The third kappa shape index (κ3) is 3.06. The SMILES string of the molecule is O=C(O)[C@H]1CCCC[C@H]1Nc1cnnc(Cl)c1. The van der Waals surface area contributed by atoms with Crippen LogP contribution in [-0.2, 0) is 4.79 Å². The van der Waals surface area contributed by atoms with Gasteiger partial charge in [-0.15, -0.1) is 5.10 Å². The van der Waals surface area contributed by atoms with Gasteiger partial charge in [-0.05, 0) is 12.8 Å². The molecule has 0 aliphatic heterocycles. The molecule has 1 aromatic rings. The van der Waals surface area contributed by atoms with Gasteiger partial charge in [-0.2, -0.15) is 5.10 Å². The maximum absolute atomic E-state index is 11.1. The number of carboxylic acids is 1. The van der Waals surface area contributed by atoms with Gasteiger partial charge in [0.05, 0.1) is 17.8 Å². The first-order valence-electron chi connectivity index (χ1n) is 5.64. The molecule has 2 atom stereocenters. The lowest BCUT2D eigenvalue weighted by Crippen LogP contribution is -2.37. The highest BCUT2D eigenvalue weighted by atomic mass is 35.5. The highest BCUT2D eigenvalue weighted by Gasteiger charge is 2.30. The van der Waals surface area contributed by atoms with E-state index < -0.39 is 5.97 Å². The summed E-state index contributed by atoms with van der Waals surface area (Å²) in [6.45, 7) is 0. The summed E-state index contributed by atoms with van der Waals surface area (Å²) in [6, 6.07) is 1.60. The Morgan fingerprint density at radius 2 is 2.24 bits per heavy atom. The van der Waals surface area contributed by atoms with E-state index in [1.165, 1.54) is 0 Å². The van der Waals surface area contributed by atoms with Gasteiger partial charge in [0.15, 0.2) is 5.15 Å². The van der Waals surface area contributed by atoms with Crippen LogP contribution in [0.5, 0.6) is 0 Å². The van der Waals surface area contributed by atoms with E-state index in [9.17, 15) is 4.79 Å². The van der Waals surface area contributed by atoms with Gasteiger partial charge in [-0.3, -0.25) is 4.79 Å². The molecule has 0 unspecified atom stereocenters. The number of nitrogens with zero attached hydrogens (tertiary/aromatic N) is 2. The molecule has 0 saturated heterocycles. The standard InChI is InChI=1S/C11H14ClN3O2/c12-10-5-7(6-13-15-10)14-9-4-2-1-3-8(9)11(16)17/h5-6,8-9H,1-4H2,(H,14,15)(H,16,17)/t8-,9+/m0/s1. The minimum absolute atomic E-state index is 0.0542.